The molecule has 0 spiro atoms. The van der Waals surface area contributed by atoms with Crippen LogP contribution in [0.5, 0.6) is 0 Å². The third-order valence-electron chi connectivity index (χ3n) is 2.57. The number of rotatable bonds is 4. The van der Waals surface area contributed by atoms with Crippen molar-refractivity contribution >= 4 is 5.91 Å². The van der Waals surface area contributed by atoms with Gasteiger partial charge in [-0.15, -0.1) is 0 Å². The van der Waals surface area contributed by atoms with Gasteiger partial charge in [-0.05, 0) is 19.4 Å². The van der Waals surface area contributed by atoms with E-state index in [1.165, 1.54) is 0 Å². The molecule has 0 fully saturated rings. The third kappa shape index (κ3) is 3.35. The van der Waals surface area contributed by atoms with Crippen molar-refractivity contribution in [1.82, 2.24) is 5.32 Å². The first-order chi connectivity index (χ1) is 7.52. The van der Waals surface area contributed by atoms with Crippen molar-refractivity contribution in [3.8, 4) is 0 Å². The van der Waals surface area contributed by atoms with E-state index in [1.807, 2.05) is 51.1 Å². The van der Waals surface area contributed by atoms with Gasteiger partial charge in [-0.2, -0.15) is 0 Å². The number of nitrogens with one attached hydrogen (secondary N) is 1. The predicted molar refractivity (Wildman–Crippen MR) is 65.8 cm³/mol. The molecule has 3 N–H and O–H groups in total. The summed E-state index contributed by atoms with van der Waals surface area (Å²) in [5.41, 5.74) is 7.05. The summed E-state index contributed by atoms with van der Waals surface area (Å²) in [7, 11) is 0. The molecule has 2 atom stereocenters. The van der Waals surface area contributed by atoms with Crippen molar-refractivity contribution in [2.45, 2.75) is 32.9 Å². The molecule has 1 aromatic rings. The molecular formula is C13H20N2O. The summed E-state index contributed by atoms with van der Waals surface area (Å²) in [6.07, 6.45) is 0. The Hall–Kier alpha value is -1.35. The van der Waals surface area contributed by atoms with Crippen LogP contribution in [-0.4, -0.2) is 11.9 Å². The quantitative estimate of drug-likeness (QED) is 0.813. The molecule has 1 aromatic carbocycles. The molecular weight excluding hydrogens is 200 g/mol. The van der Waals surface area contributed by atoms with Crippen molar-refractivity contribution in [3.63, 3.8) is 0 Å². The fraction of sp³-hybridized carbons (Fsp3) is 0.462. The van der Waals surface area contributed by atoms with E-state index in [4.69, 9.17) is 5.73 Å². The van der Waals surface area contributed by atoms with E-state index in [1.54, 1.807) is 0 Å². The zero-order valence-electron chi connectivity index (χ0n) is 10.1. The lowest BCUT2D eigenvalue weighted by Crippen LogP contribution is -2.38. The van der Waals surface area contributed by atoms with Crippen LogP contribution in [0, 0.1) is 5.92 Å². The molecule has 0 saturated carbocycles. The SMILES string of the molecule is CC(C)NC(=O)C(C)C(N)c1ccccc1. The molecule has 0 aliphatic heterocycles. The summed E-state index contributed by atoms with van der Waals surface area (Å²) >= 11 is 0. The summed E-state index contributed by atoms with van der Waals surface area (Å²) in [6.45, 7) is 5.74. The van der Waals surface area contributed by atoms with Crippen LogP contribution in [0.3, 0.4) is 0 Å². The maximum atomic E-state index is 11.8. The first-order valence-corrected chi connectivity index (χ1v) is 5.63. The number of amides is 1. The maximum Gasteiger partial charge on any atom is 0.224 e. The highest BCUT2D eigenvalue weighted by Gasteiger charge is 2.22. The fourth-order valence-corrected chi connectivity index (χ4v) is 1.54. The highest BCUT2D eigenvalue weighted by Crippen LogP contribution is 2.18. The van der Waals surface area contributed by atoms with E-state index in [0.29, 0.717) is 0 Å². The van der Waals surface area contributed by atoms with Gasteiger partial charge in [0.2, 0.25) is 5.91 Å². The number of hydrogen-bond acceptors (Lipinski definition) is 2. The Morgan fingerprint density at radius 1 is 1.19 bits per heavy atom. The number of nitrogens with two attached hydrogens (primary N) is 1. The fourth-order valence-electron chi connectivity index (χ4n) is 1.54. The molecule has 0 saturated heterocycles. The van der Waals surface area contributed by atoms with Crippen molar-refractivity contribution in [1.29, 1.82) is 0 Å². The second kappa shape index (κ2) is 5.66. The van der Waals surface area contributed by atoms with Gasteiger partial charge in [0, 0.05) is 12.1 Å². The Balaban J connectivity index is 2.67. The van der Waals surface area contributed by atoms with E-state index in [-0.39, 0.29) is 23.9 Å². The van der Waals surface area contributed by atoms with E-state index in [0.717, 1.165) is 5.56 Å². The molecule has 3 heteroatoms. The normalized spacial score (nSPS) is 14.6. The van der Waals surface area contributed by atoms with Crippen molar-refractivity contribution in [3.05, 3.63) is 35.9 Å². The van der Waals surface area contributed by atoms with Crippen molar-refractivity contribution in [2.24, 2.45) is 11.7 Å². The number of benzene rings is 1. The van der Waals surface area contributed by atoms with E-state index in [2.05, 4.69) is 5.32 Å². The van der Waals surface area contributed by atoms with Gasteiger partial charge < -0.3 is 11.1 Å². The minimum absolute atomic E-state index is 0.00588. The monoisotopic (exact) mass is 220 g/mol. The standard InChI is InChI=1S/C13H20N2O/c1-9(2)15-13(16)10(3)12(14)11-7-5-4-6-8-11/h4-10,12H,14H2,1-3H3,(H,15,16). The smallest absolute Gasteiger partial charge is 0.224 e. The summed E-state index contributed by atoms with van der Waals surface area (Å²) in [4.78, 5) is 11.8. The molecule has 0 aliphatic carbocycles. The van der Waals surface area contributed by atoms with Crippen molar-refractivity contribution < 1.29 is 4.79 Å². The molecule has 0 aromatic heterocycles. The molecule has 2 unspecified atom stereocenters. The summed E-state index contributed by atoms with van der Waals surface area (Å²) in [5, 5.41) is 2.87. The zero-order chi connectivity index (χ0) is 12.1. The number of hydrogen-bond donors (Lipinski definition) is 2. The summed E-state index contributed by atoms with van der Waals surface area (Å²) in [5.74, 6) is -0.212. The lowest BCUT2D eigenvalue weighted by molar-refractivity contribution is -0.125. The van der Waals surface area contributed by atoms with E-state index >= 15 is 0 Å². The van der Waals surface area contributed by atoms with Crippen LogP contribution < -0.4 is 11.1 Å². The molecule has 0 radical (unpaired) electrons. The lowest BCUT2D eigenvalue weighted by atomic mass is 9.94. The van der Waals surface area contributed by atoms with Gasteiger partial charge in [-0.1, -0.05) is 37.3 Å². The number of carbonyl (C=O) groups is 1. The Bertz CT molecular complexity index is 335. The average molecular weight is 220 g/mol. The predicted octanol–water partition coefficient (Wildman–Crippen LogP) is 1.85. The molecule has 0 bridgehead atoms. The molecule has 16 heavy (non-hydrogen) atoms. The topological polar surface area (TPSA) is 55.1 Å². The molecule has 3 nitrogen and oxygen atoms in total. The van der Waals surface area contributed by atoms with Crippen LogP contribution in [0.15, 0.2) is 30.3 Å². The van der Waals surface area contributed by atoms with Gasteiger partial charge in [-0.25, -0.2) is 0 Å². The minimum Gasteiger partial charge on any atom is -0.354 e. The van der Waals surface area contributed by atoms with Crippen LogP contribution in [0.2, 0.25) is 0 Å². The molecule has 1 amide bonds. The second-order valence-corrected chi connectivity index (χ2v) is 4.39. The molecule has 1 rings (SSSR count). The van der Waals surface area contributed by atoms with Gasteiger partial charge in [-0.3, -0.25) is 4.79 Å². The minimum atomic E-state index is -0.250. The molecule has 0 aliphatic rings. The number of carbonyl (C=O) groups excluding carboxylic acids is 1. The van der Waals surface area contributed by atoms with Gasteiger partial charge in [0.15, 0.2) is 0 Å². The van der Waals surface area contributed by atoms with E-state index < -0.39 is 0 Å². The van der Waals surface area contributed by atoms with Crippen molar-refractivity contribution in [2.75, 3.05) is 0 Å². The Labute approximate surface area is 97.0 Å². The Morgan fingerprint density at radius 2 is 1.75 bits per heavy atom. The van der Waals surface area contributed by atoms with Crippen LogP contribution in [-0.2, 0) is 4.79 Å². The van der Waals surface area contributed by atoms with Gasteiger partial charge in [0.25, 0.3) is 0 Å². The van der Waals surface area contributed by atoms with Gasteiger partial charge in [0.05, 0.1) is 5.92 Å². The van der Waals surface area contributed by atoms with Crippen LogP contribution >= 0.6 is 0 Å². The second-order valence-electron chi connectivity index (χ2n) is 4.39. The van der Waals surface area contributed by atoms with Crippen LogP contribution in [0.25, 0.3) is 0 Å². The van der Waals surface area contributed by atoms with Gasteiger partial charge in [0.1, 0.15) is 0 Å². The average Bonchev–Trinajstić information content (AvgIpc) is 2.27. The van der Waals surface area contributed by atoms with Gasteiger partial charge >= 0.3 is 0 Å². The van der Waals surface area contributed by atoms with Crippen LogP contribution in [0.1, 0.15) is 32.4 Å². The molecule has 0 heterocycles. The highest BCUT2D eigenvalue weighted by atomic mass is 16.1. The van der Waals surface area contributed by atoms with E-state index in [9.17, 15) is 4.79 Å². The Kier molecular flexibility index (Phi) is 4.50. The zero-order valence-corrected chi connectivity index (χ0v) is 10.1. The third-order valence-corrected chi connectivity index (χ3v) is 2.57. The maximum absolute atomic E-state index is 11.8. The highest BCUT2D eigenvalue weighted by molar-refractivity contribution is 5.79. The summed E-state index contributed by atoms with van der Waals surface area (Å²) in [6, 6.07) is 9.60. The first kappa shape index (κ1) is 12.7. The largest absolute Gasteiger partial charge is 0.354 e. The Morgan fingerprint density at radius 3 is 2.25 bits per heavy atom. The molecule has 88 valence electrons. The lowest BCUT2D eigenvalue weighted by Gasteiger charge is -2.21. The first-order valence-electron chi connectivity index (χ1n) is 5.63. The summed E-state index contributed by atoms with van der Waals surface area (Å²) < 4.78 is 0. The van der Waals surface area contributed by atoms with Crippen LogP contribution in [0.4, 0.5) is 0 Å².